The number of carbonyl (C=O) groups excluding carboxylic acids is 1. The second-order valence-corrected chi connectivity index (χ2v) is 7.83. The summed E-state index contributed by atoms with van der Waals surface area (Å²) in [6.07, 6.45) is 1.71. The van der Waals surface area contributed by atoms with Crippen LogP contribution in [0, 0.1) is 0 Å². The van der Waals surface area contributed by atoms with Crippen LogP contribution in [0.5, 0.6) is 0 Å². The number of nitrogens with two attached hydrogens (primary N) is 1. The van der Waals surface area contributed by atoms with Crippen LogP contribution in [0.2, 0.25) is 0 Å². The van der Waals surface area contributed by atoms with E-state index in [4.69, 9.17) is 20.3 Å². The highest BCUT2D eigenvalue weighted by Crippen LogP contribution is 2.39. The molecular weight excluding hydrogens is 412 g/mol. The van der Waals surface area contributed by atoms with Crippen molar-refractivity contribution in [3.63, 3.8) is 0 Å². The topological polar surface area (TPSA) is 129 Å². The molecule has 1 atom stereocenters. The lowest BCUT2D eigenvalue weighted by Gasteiger charge is -2.31. The van der Waals surface area contributed by atoms with Gasteiger partial charge in [0.25, 0.3) is 5.56 Å². The number of hydrogen-bond donors (Lipinski definition) is 2. The Morgan fingerprint density at radius 1 is 1.34 bits per heavy atom. The number of hydrogen-bond acceptors (Lipinski definition) is 8. The fourth-order valence-electron chi connectivity index (χ4n) is 4.40. The van der Waals surface area contributed by atoms with Gasteiger partial charge >= 0.3 is 5.97 Å². The van der Waals surface area contributed by atoms with Crippen LogP contribution < -0.4 is 11.3 Å². The van der Waals surface area contributed by atoms with E-state index in [1.807, 2.05) is 24.3 Å². The summed E-state index contributed by atoms with van der Waals surface area (Å²) < 4.78 is 6.73. The molecule has 0 saturated heterocycles. The molecule has 9 nitrogen and oxygen atoms in total. The van der Waals surface area contributed by atoms with Gasteiger partial charge in [0.15, 0.2) is 5.60 Å². The number of benzene rings is 1. The van der Waals surface area contributed by atoms with Crippen molar-refractivity contribution in [3.05, 3.63) is 62.9 Å². The first-order valence-electron chi connectivity index (χ1n) is 10.4. The number of rotatable bonds is 5. The maximum absolute atomic E-state index is 13.3. The summed E-state index contributed by atoms with van der Waals surface area (Å²) in [5.74, 6) is -0.744. The predicted octanol–water partition coefficient (Wildman–Crippen LogP) is 1.39. The third-order valence-corrected chi connectivity index (χ3v) is 6.10. The maximum Gasteiger partial charge on any atom is 0.343 e. The number of aliphatic hydroxyl groups is 1. The molecule has 0 fully saturated rings. The van der Waals surface area contributed by atoms with Crippen LogP contribution in [0.1, 0.15) is 35.6 Å². The Morgan fingerprint density at radius 3 is 2.94 bits per heavy atom. The number of aromatic nitrogens is 2. The van der Waals surface area contributed by atoms with Gasteiger partial charge in [-0.1, -0.05) is 30.3 Å². The van der Waals surface area contributed by atoms with E-state index < -0.39 is 11.6 Å². The van der Waals surface area contributed by atoms with Crippen molar-refractivity contribution in [2.24, 2.45) is 10.9 Å². The lowest BCUT2D eigenvalue weighted by Crippen LogP contribution is -2.44. The summed E-state index contributed by atoms with van der Waals surface area (Å²) in [5.41, 5.74) is 7.38. The quantitative estimate of drug-likeness (QED) is 0.210. The van der Waals surface area contributed by atoms with E-state index in [1.54, 1.807) is 23.8 Å². The molecule has 3 aromatic rings. The molecule has 0 saturated carbocycles. The molecule has 2 aromatic heterocycles. The number of carbonyl (C=O) groups is 1. The lowest BCUT2D eigenvalue weighted by molar-refractivity contribution is -0.172. The fourth-order valence-corrected chi connectivity index (χ4v) is 4.40. The molecule has 5 rings (SSSR count). The van der Waals surface area contributed by atoms with Gasteiger partial charge in [-0.2, -0.15) is 0 Å². The molecule has 4 heterocycles. The van der Waals surface area contributed by atoms with E-state index in [1.165, 1.54) is 0 Å². The van der Waals surface area contributed by atoms with E-state index in [0.717, 1.165) is 22.0 Å². The van der Waals surface area contributed by atoms with E-state index in [2.05, 4.69) is 5.16 Å². The number of oxime groups is 1. The minimum Gasteiger partial charge on any atom is -0.458 e. The van der Waals surface area contributed by atoms with Crippen LogP contribution in [0.4, 0.5) is 0 Å². The Morgan fingerprint density at radius 2 is 2.16 bits per heavy atom. The molecule has 0 amide bonds. The van der Waals surface area contributed by atoms with Crippen molar-refractivity contribution in [3.8, 4) is 11.4 Å². The van der Waals surface area contributed by atoms with Gasteiger partial charge in [0, 0.05) is 28.6 Å². The van der Waals surface area contributed by atoms with Crippen LogP contribution in [0.3, 0.4) is 0 Å². The Balaban J connectivity index is 1.75. The van der Waals surface area contributed by atoms with Crippen molar-refractivity contribution in [1.29, 1.82) is 0 Å². The number of pyridine rings is 2. The first-order valence-corrected chi connectivity index (χ1v) is 10.4. The normalized spacial score (nSPS) is 19.0. The fraction of sp³-hybridized carbons (Fsp3) is 0.304. The highest BCUT2D eigenvalue weighted by atomic mass is 16.6. The summed E-state index contributed by atoms with van der Waals surface area (Å²) in [4.78, 5) is 35.7. The Labute approximate surface area is 183 Å². The van der Waals surface area contributed by atoms with Gasteiger partial charge in [-0.25, -0.2) is 9.78 Å². The predicted molar refractivity (Wildman–Crippen MR) is 117 cm³/mol. The Bertz CT molecular complexity index is 1350. The van der Waals surface area contributed by atoms with Crippen LogP contribution in [0.15, 0.2) is 40.3 Å². The molecule has 3 N–H and O–H groups in total. The molecule has 32 heavy (non-hydrogen) atoms. The van der Waals surface area contributed by atoms with Gasteiger partial charge in [-0.3, -0.25) is 4.79 Å². The summed E-state index contributed by atoms with van der Waals surface area (Å²) in [7, 11) is 0. The van der Waals surface area contributed by atoms with Crippen LogP contribution >= 0.6 is 0 Å². The molecule has 9 heteroatoms. The summed E-state index contributed by atoms with van der Waals surface area (Å²) in [5, 5.41) is 15.9. The molecule has 0 aliphatic carbocycles. The van der Waals surface area contributed by atoms with Crippen LogP contribution in [0.25, 0.3) is 22.3 Å². The van der Waals surface area contributed by atoms with Gasteiger partial charge in [-0.15, -0.1) is 0 Å². The monoisotopic (exact) mass is 434 g/mol. The zero-order chi connectivity index (χ0) is 22.5. The number of nitrogens with zero attached hydrogens (tertiary/aromatic N) is 3. The number of fused-ring (bicyclic) bond motifs is 5. The largest absolute Gasteiger partial charge is 0.458 e. The molecule has 0 radical (unpaired) electrons. The number of esters is 1. The minimum absolute atomic E-state index is 0.0934. The number of para-hydroxylation sites is 1. The summed E-state index contributed by atoms with van der Waals surface area (Å²) >= 11 is 0. The lowest BCUT2D eigenvalue weighted by atomic mass is 9.86. The molecule has 0 unspecified atom stereocenters. The second-order valence-electron chi connectivity index (χ2n) is 7.83. The standard InChI is InChI=1S/C23H22N4O5/c1-2-23(30)17-9-19-20-15(11-27(19)21(28)16(17)12-31-22(23)29)14(10-25-32-8-7-24)13-5-3-4-6-18(13)26-20/h3-6,9-10,30H,2,7-8,11-12,24H2,1H3/b25-10+/t23-/m0/s1. The van der Waals surface area contributed by atoms with E-state index >= 15 is 0 Å². The maximum atomic E-state index is 13.3. The summed E-state index contributed by atoms with van der Waals surface area (Å²) in [6.45, 7) is 2.43. The molecular formula is C23H22N4O5. The number of cyclic esters (lactones) is 1. The molecule has 0 spiro atoms. The summed E-state index contributed by atoms with van der Waals surface area (Å²) in [6, 6.07) is 9.30. The van der Waals surface area contributed by atoms with E-state index in [9.17, 15) is 14.7 Å². The average molecular weight is 434 g/mol. The molecule has 1 aromatic carbocycles. The second kappa shape index (κ2) is 7.54. The van der Waals surface area contributed by atoms with Crippen molar-refractivity contribution in [2.45, 2.75) is 32.1 Å². The zero-order valence-electron chi connectivity index (χ0n) is 17.5. The van der Waals surface area contributed by atoms with Gasteiger partial charge in [0.05, 0.1) is 35.2 Å². The van der Waals surface area contributed by atoms with Gasteiger partial charge < -0.3 is 25.0 Å². The van der Waals surface area contributed by atoms with Gasteiger partial charge in [-0.05, 0) is 18.6 Å². The zero-order valence-corrected chi connectivity index (χ0v) is 17.5. The SMILES string of the molecule is CC[C@@]1(O)C(=O)OCc2c1cc1n(c2=O)Cc2c-1nc1ccccc1c2/C=N/OCCN. The molecule has 2 aliphatic heterocycles. The van der Waals surface area contributed by atoms with Gasteiger partial charge in [0.1, 0.15) is 13.2 Å². The van der Waals surface area contributed by atoms with Crippen LogP contribution in [-0.2, 0) is 33.1 Å². The Hall–Kier alpha value is -3.56. The Kier molecular flexibility index (Phi) is 4.79. The third-order valence-electron chi connectivity index (χ3n) is 6.10. The highest BCUT2D eigenvalue weighted by Gasteiger charge is 2.45. The average Bonchev–Trinajstić information content (AvgIpc) is 3.17. The van der Waals surface area contributed by atoms with E-state index in [0.29, 0.717) is 17.9 Å². The van der Waals surface area contributed by atoms with Gasteiger partial charge in [0.2, 0.25) is 0 Å². The van der Waals surface area contributed by atoms with Crippen molar-refractivity contribution >= 4 is 23.1 Å². The van der Waals surface area contributed by atoms with E-state index in [-0.39, 0.29) is 42.9 Å². The van der Waals surface area contributed by atoms with Crippen molar-refractivity contribution in [2.75, 3.05) is 13.2 Å². The molecule has 0 bridgehead atoms. The molecule has 2 aliphatic rings. The van der Waals surface area contributed by atoms with Crippen molar-refractivity contribution in [1.82, 2.24) is 9.55 Å². The highest BCUT2D eigenvalue weighted by molar-refractivity contribution is 6.02. The third kappa shape index (κ3) is 2.85. The smallest absolute Gasteiger partial charge is 0.343 e. The number of ether oxygens (including phenoxy) is 1. The van der Waals surface area contributed by atoms with Crippen molar-refractivity contribution < 1.29 is 19.5 Å². The van der Waals surface area contributed by atoms with Crippen LogP contribution in [-0.4, -0.2) is 40.0 Å². The minimum atomic E-state index is -1.86. The first kappa shape index (κ1) is 20.3. The molecule has 164 valence electrons. The first-order chi connectivity index (χ1) is 15.5.